The average molecular weight is 643 g/mol. The number of benzene rings is 3. The molecular weight excluding hydrogens is 622 g/mol. The fourth-order valence-electron chi connectivity index (χ4n) is 4.00. The van der Waals surface area contributed by atoms with E-state index in [0.717, 1.165) is 18.4 Å². The number of rotatable bonds is 9. The number of carbonyl (C=O) groups excluding carboxylic acids is 1. The Bertz CT molecular complexity index is 1510. The molecule has 1 aliphatic rings. The van der Waals surface area contributed by atoms with Crippen LogP contribution in [0.5, 0.6) is 23.0 Å². The summed E-state index contributed by atoms with van der Waals surface area (Å²) >= 11 is 30.4. The molecular formula is C28H21Cl5N2O5. The van der Waals surface area contributed by atoms with Gasteiger partial charge in [-0.3, -0.25) is 0 Å². The molecule has 0 bridgehead atoms. The van der Waals surface area contributed by atoms with Crippen molar-refractivity contribution in [1.29, 1.82) is 5.26 Å². The third-order valence-electron chi connectivity index (χ3n) is 5.91. The number of carbonyl (C=O) groups is 1. The molecule has 0 amide bonds. The zero-order chi connectivity index (χ0) is 29.0. The zero-order valence-electron chi connectivity index (χ0n) is 20.9. The van der Waals surface area contributed by atoms with Crippen molar-refractivity contribution in [3.05, 3.63) is 90.2 Å². The van der Waals surface area contributed by atoms with Gasteiger partial charge in [0.15, 0.2) is 12.4 Å². The van der Waals surface area contributed by atoms with Crippen molar-refractivity contribution < 1.29 is 23.7 Å². The third kappa shape index (κ3) is 6.17. The van der Waals surface area contributed by atoms with E-state index in [-0.39, 0.29) is 48.1 Å². The number of fused-ring (bicyclic) bond motifs is 1. The third-order valence-corrected chi connectivity index (χ3v) is 8.15. The van der Waals surface area contributed by atoms with Crippen molar-refractivity contribution in [2.24, 2.45) is 5.73 Å². The van der Waals surface area contributed by atoms with E-state index < -0.39 is 18.5 Å². The first-order valence-corrected chi connectivity index (χ1v) is 13.8. The monoisotopic (exact) mass is 640 g/mol. The Morgan fingerprint density at radius 2 is 1.65 bits per heavy atom. The molecule has 0 aliphatic carbocycles. The molecule has 0 aromatic heterocycles. The molecule has 2 N–H and O–H groups in total. The van der Waals surface area contributed by atoms with Crippen LogP contribution >= 0.6 is 58.0 Å². The summed E-state index contributed by atoms with van der Waals surface area (Å²) in [6.45, 7) is 2.04. The topological polar surface area (TPSA) is 104 Å². The highest BCUT2D eigenvalue weighted by Gasteiger charge is 2.33. The quantitative estimate of drug-likeness (QED) is 0.0823. The van der Waals surface area contributed by atoms with Gasteiger partial charge in [0.2, 0.25) is 5.88 Å². The molecule has 1 aliphatic heterocycles. The minimum atomic E-state index is -0.780. The Morgan fingerprint density at radius 1 is 0.975 bits per heavy atom. The first-order chi connectivity index (χ1) is 19.2. The summed E-state index contributed by atoms with van der Waals surface area (Å²) in [4.78, 5) is 12.6. The number of hydrogen-bond donors (Lipinski definition) is 1. The second kappa shape index (κ2) is 13.1. The Labute approximate surface area is 255 Å². The van der Waals surface area contributed by atoms with Gasteiger partial charge in [-0.25, -0.2) is 4.79 Å². The van der Waals surface area contributed by atoms with Gasteiger partial charge in [0.25, 0.3) is 0 Å². The van der Waals surface area contributed by atoms with Crippen LogP contribution in [0.2, 0.25) is 25.1 Å². The molecule has 0 saturated carbocycles. The molecule has 0 fully saturated rings. The van der Waals surface area contributed by atoms with Crippen LogP contribution in [0.3, 0.4) is 0 Å². The Kier molecular flexibility index (Phi) is 9.83. The number of esters is 1. The van der Waals surface area contributed by atoms with E-state index >= 15 is 0 Å². The number of hydrogen-bond acceptors (Lipinski definition) is 7. The Hall–Kier alpha value is -2.99. The predicted molar refractivity (Wildman–Crippen MR) is 155 cm³/mol. The molecule has 0 saturated heterocycles. The van der Waals surface area contributed by atoms with Gasteiger partial charge < -0.3 is 24.7 Å². The SMILES string of the molecule is CCCCOc1ccccc1C1C(C#N)=C(N)Oc2cc(OC(=O)COc3c(Cl)c(Cl)c(Cl)c(Cl)c3Cl)ccc21. The lowest BCUT2D eigenvalue weighted by atomic mass is 9.83. The molecule has 40 heavy (non-hydrogen) atoms. The van der Waals surface area contributed by atoms with E-state index in [0.29, 0.717) is 23.7 Å². The van der Waals surface area contributed by atoms with Crippen molar-refractivity contribution >= 4 is 64.0 Å². The molecule has 0 spiro atoms. The smallest absolute Gasteiger partial charge is 0.349 e. The Balaban J connectivity index is 1.57. The summed E-state index contributed by atoms with van der Waals surface area (Å²) in [7, 11) is 0. The lowest BCUT2D eigenvalue weighted by molar-refractivity contribution is -0.136. The first kappa shape index (κ1) is 30.0. The number of nitrogens with two attached hydrogens (primary N) is 1. The number of para-hydroxylation sites is 1. The zero-order valence-corrected chi connectivity index (χ0v) is 24.7. The largest absolute Gasteiger partial charge is 0.493 e. The van der Waals surface area contributed by atoms with Crippen LogP contribution in [0, 0.1) is 11.3 Å². The van der Waals surface area contributed by atoms with Crippen LogP contribution in [0.25, 0.3) is 0 Å². The second-order valence-electron chi connectivity index (χ2n) is 8.53. The summed E-state index contributed by atoms with van der Waals surface area (Å²) < 4.78 is 22.6. The van der Waals surface area contributed by atoms with E-state index in [9.17, 15) is 10.1 Å². The summed E-state index contributed by atoms with van der Waals surface area (Å²) in [5.74, 6) is -0.397. The lowest BCUT2D eigenvalue weighted by Crippen LogP contribution is -2.22. The van der Waals surface area contributed by atoms with Gasteiger partial charge in [-0.05, 0) is 18.6 Å². The first-order valence-electron chi connectivity index (χ1n) is 12.0. The summed E-state index contributed by atoms with van der Waals surface area (Å²) in [6.07, 6.45) is 1.86. The maximum atomic E-state index is 12.6. The molecule has 4 rings (SSSR count). The van der Waals surface area contributed by atoms with Crippen molar-refractivity contribution in [1.82, 2.24) is 0 Å². The molecule has 1 atom stereocenters. The van der Waals surface area contributed by atoms with E-state index in [2.05, 4.69) is 13.0 Å². The standard InChI is InChI=1S/C28H21Cl5N2O5/c1-2-3-10-37-18-7-5-4-6-15(18)21-16-9-8-14(11-19(16)40-28(35)17(21)12-34)39-20(36)13-38-27-25(32)23(30)22(29)24(31)26(27)33/h4-9,11,21H,2-3,10,13,35H2,1H3. The number of ether oxygens (including phenoxy) is 4. The average Bonchev–Trinajstić information content (AvgIpc) is 2.94. The van der Waals surface area contributed by atoms with E-state index in [4.69, 9.17) is 82.7 Å². The van der Waals surface area contributed by atoms with Crippen LogP contribution < -0.4 is 24.7 Å². The van der Waals surface area contributed by atoms with Crippen LogP contribution in [0.4, 0.5) is 0 Å². The lowest BCUT2D eigenvalue weighted by Gasteiger charge is -2.28. The van der Waals surface area contributed by atoms with E-state index in [1.165, 1.54) is 6.07 Å². The second-order valence-corrected chi connectivity index (χ2v) is 10.4. The van der Waals surface area contributed by atoms with Crippen LogP contribution in [-0.4, -0.2) is 19.2 Å². The molecule has 7 nitrogen and oxygen atoms in total. The van der Waals surface area contributed by atoms with Gasteiger partial charge in [-0.2, -0.15) is 5.26 Å². The van der Waals surface area contributed by atoms with E-state index in [1.54, 1.807) is 12.1 Å². The maximum Gasteiger partial charge on any atom is 0.349 e. The van der Waals surface area contributed by atoms with Gasteiger partial charge in [0.05, 0.1) is 27.6 Å². The molecule has 1 unspecified atom stereocenters. The van der Waals surface area contributed by atoms with Crippen LogP contribution in [-0.2, 0) is 4.79 Å². The van der Waals surface area contributed by atoms with Crippen molar-refractivity contribution in [2.75, 3.05) is 13.2 Å². The number of nitriles is 1. The molecule has 0 radical (unpaired) electrons. The van der Waals surface area contributed by atoms with Gasteiger partial charge in [0.1, 0.15) is 38.9 Å². The predicted octanol–water partition coefficient (Wildman–Crippen LogP) is 8.34. The molecule has 3 aromatic rings. The highest BCUT2D eigenvalue weighted by atomic mass is 35.5. The molecule has 208 valence electrons. The summed E-state index contributed by atoms with van der Waals surface area (Å²) in [5.41, 5.74) is 7.79. The summed E-state index contributed by atoms with van der Waals surface area (Å²) in [6, 6.07) is 14.4. The van der Waals surface area contributed by atoms with E-state index in [1.807, 2.05) is 24.3 Å². The van der Waals surface area contributed by atoms with Gasteiger partial charge in [-0.1, -0.05) is 95.6 Å². The summed E-state index contributed by atoms with van der Waals surface area (Å²) in [5, 5.41) is 9.53. The van der Waals surface area contributed by atoms with Gasteiger partial charge in [-0.15, -0.1) is 0 Å². The minimum Gasteiger partial charge on any atom is -0.493 e. The van der Waals surface area contributed by atoms with Gasteiger partial charge in [0, 0.05) is 17.2 Å². The molecule has 3 aromatic carbocycles. The normalized spacial score (nSPS) is 14.2. The molecule has 12 heteroatoms. The number of allylic oxidation sites excluding steroid dienone is 1. The van der Waals surface area contributed by atoms with Crippen molar-refractivity contribution in [3.63, 3.8) is 0 Å². The highest BCUT2D eigenvalue weighted by molar-refractivity contribution is 6.55. The Morgan fingerprint density at radius 3 is 2.33 bits per heavy atom. The molecule has 1 heterocycles. The fourth-order valence-corrected chi connectivity index (χ4v) is 5.23. The van der Waals surface area contributed by atoms with Crippen LogP contribution in [0.15, 0.2) is 53.9 Å². The number of nitrogens with zero attached hydrogens (tertiary/aromatic N) is 1. The van der Waals surface area contributed by atoms with Crippen LogP contribution in [0.1, 0.15) is 36.8 Å². The van der Waals surface area contributed by atoms with Gasteiger partial charge >= 0.3 is 5.97 Å². The minimum absolute atomic E-state index is 0.0383. The number of unbranched alkanes of at least 4 members (excludes halogenated alkanes) is 1. The fraction of sp³-hybridized carbons (Fsp3) is 0.214. The maximum absolute atomic E-state index is 12.6. The number of halogens is 5. The van der Waals surface area contributed by atoms with Crippen molar-refractivity contribution in [3.8, 4) is 29.1 Å². The highest BCUT2D eigenvalue weighted by Crippen LogP contribution is 2.48. The van der Waals surface area contributed by atoms with Crippen molar-refractivity contribution in [2.45, 2.75) is 25.7 Å².